The highest BCUT2D eigenvalue weighted by Crippen LogP contribution is 2.33. The van der Waals surface area contributed by atoms with Crippen molar-refractivity contribution in [3.63, 3.8) is 0 Å². The van der Waals surface area contributed by atoms with Gasteiger partial charge in [-0.05, 0) is 122 Å². The largest absolute Gasteiger partial charge is 0.457 e. The van der Waals surface area contributed by atoms with Crippen molar-refractivity contribution >= 4 is 37.9 Å². The number of aryl methyl sites for hydroxylation is 2. The van der Waals surface area contributed by atoms with Crippen LogP contribution in [0, 0.1) is 0 Å². The van der Waals surface area contributed by atoms with Gasteiger partial charge in [-0.3, -0.25) is 13.7 Å². The summed E-state index contributed by atoms with van der Waals surface area (Å²) in [5, 5.41) is 28.5. The van der Waals surface area contributed by atoms with Gasteiger partial charge in [-0.15, -0.1) is 68.5 Å². The second-order valence-electron chi connectivity index (χ2n) is 14.2. The summed E-state index contributed by atoms with van der Waals surface area (Å²) in [6.45, 7) is 0. The minimum Gasteiger partial charge on any atom is -0.457 e. The van der Waals surface area contributed by atoms with Crippen molar-refractivity contribution in [1.29, 1.82) is 0 Å². The summed E-state index contributed by atoms with van der Waals surface area (Å²) in [5.74, 6) is 6.49. The third kappa shape index (κ3) is 9.39. The van der Waals surface area contributed by atoms with Gasteiger partial charge in [0.1, 0.15) is 52.0 Å². The van der Waals surface area contributed by atoms with Gasteiger partial charge in [0.05, 0.1) is 0 Å². The van der Waals surface area contributed by atoms with Gasteiger partial charge >= 0.3 is 0 Å². The van der Waals surface area contributed by atoms with Crippen molar-refractivity contribution in [1.82, 2.24) is 44.3 Å². The van der Waals surface area contributed by atoms with Gasteiger partial charge in [-0.2, -0.15) is 0 Å². The van der Waals surface area contributed by atoms with Gasteiger partial charge in [0.25, 0.3) is 0 Å². The van der Waals surface area contributed by atoms with E-state index in [0.717, 1.165) is 51.8 Å². The molecule has 308 valence electrons. The van der Waals surface area contributed by atoms with Crippen molar-refractivity contribution in [2.24, 2.45) is 0 Å². The van der Waals surface area contributed by atoms with E-state index in [-0.39, 0.29) is 5.92 Å². The highest BCUT2D eigenvalue weighted by Gasteiger charge is 2.25. The van der Waals surface area contributed by atoms with Crippen LogP contribution in [0.2, 0.25) is 0 Å². The smallest absolute Gasteiger partial charge is 0.192 e. The lowest BCUT2D eigenvalue weighted by Gasteiger charge is -2.19. The van der Waals surface area contributed by atoms with E-state index in [1.54, 1.807) is 0 Å². The fourth-order valence-electron chi connectivity index (χ4n) is 7.14. The van der Waals surface area contributed by atoms with Crippen molar-refractivity contribution in [2.75, 3.05) is 0 Å². The van der Waals surface area contributed by atoms with Gasteiger partial charge in [-0.1, -0.05) is 54.6 Å². The van der Waals surface area contributed by atoms with Crippen LogP contribution in [-0.2, 0) is 12.8 Å². The van der Waals surface area contributed by atoms with Gasteiger partial charge in [0.2, 0.25) is 0 Å². The van der Waals surface area contributed by atoms with Crippen LogP contribution in [0.3, 0.4) is 0 Å². The molecule has 0 fully saturated rings. The lowest BCUT2D eigenvalue weighted by molar-refractivity contribution is 0.482. The predicted octanol–water partition coefficient (Wildman–Crippen LogP) is 11.0. The molecule has 0 saturated carbocycles. The Balaban J connectivity index is 0.989. The standard InChI is InChI=1S/C47H39N9O3S3/c60-45-51-48-42(54(45)33-18-24-39(25-19-33)57-36-10-4-1-5-11-36)30-16-32(44-50-53-47(62)56(44)35-22-28-41(29-23-35)59-38-14-8-3-9-15-38)17-31-43-49-52-46(61)55(43)34-20-26-40(27-21-34)58-37-12-6-2-7-13-37/h1-15,18-29,32H,16-17,30-31H2,(H,51,60)(H,52,61)(H,53,62). The van der Waals surface area contributed by atoms with Crippen molar-refractivity contribution in [3.8, 4) is 51.6 Å². The molecule has 0 atom stereocenters. The number of nitrogens with zero attached hydrogens (tertiary/aromatic N) is 9. The quantitative estimate of drug-likeness (QED) is 0.0815. The van der Waals surface area contributed by atoms with E-state index < -0.39 is 0 Å². The zero-order valence-electron chi connectivity index (χ0n) is 33.1. The van der Waals surface area contributed by atoms with E-state index >= 15 is 0 Å². The fraction of sp³-hybridized carbons (Fsp3) is 0.106. The molecule has 0 spiro atoms. The highest BCUT2D eigenvalue weighted by atomic mass is 32.1. The second-order valence-corrected chi connectivity index (χ2v) is 15.4. The third-order valence-corrected chi connectivity index (χ3v) is 11.0. The van der Waals surface area contributed by atoms with Crippen LogP contribution in [0.4, 0.5) is 0 Å². The van der Waals surface area contributed by atoms with Gasteiger partial charge in [0, 0.05) is 35.8 Å². The zero-order chi connectivity index (χ0) is 42.3. The van der Waals surface area contributed by atoms with Gasteiger partial charge in [-0.25, -0.2) is 0 Å². The van der Waals surface area contributed by atoms with Crippen molar-refractivity contribution in [2.45, 2.75) is 47.1 Å². The summed E-state index contributed by atoms with van der Waals surface area (Å²) in [5.41, 5.74) is 2.57. The molecule has 9 aromatic rings. The van der Waals surface area contributed by atoms with Gasteiger partial charge in [0.15, 0.2) is 15.5 Å². The molecule has 12 nitrogen and oxygen atoms in total. The Kier molecular flexibility index (Phi) is 12.3. The van der Waals surface area contributed by atoms with E-state index in [4.69, 9.17) is 57.2 Å². The molecule has 3 heterocycles. The SMILES string of the molecule is Sc1nnc(CCC(CCc2nnc(S)n2-c2ccc(Oc3ccccc3)cc2)c2nnc(S)n2-c2ccc(Oc3ccccc3)cc2)n1-c1ccc(Oc2ccccc2)cc1. The molecule has 0 aliphatic rings. The Morgan fingerprint density at radius 3 is 1.03 bits per heavy atom. The Labute approximate surface area is 374 Å². The number of para-hydroxylation sites is 3. The summed E-state index contributed by atoms with van der Waals surface area (Å²) < 4.78 is 24.0. The fourth-order valence-corrected chi connectivity index (χ4v) is 7.95. The average molecular weight is 874 g/mol. The number of rotatable bonds is 16. The molecule has 0 bridgehead atoms. The molecule has 0 amide bonds. The molecule has 62 heavy (non-hydrogen) atoms. The van der Waals surface area contributed by atoms with Crippen LogP contribution in [0.25, 0.3) is 17.1 Å². The van der Waals surface area contributed by atoms with E-state index in [9.17, 15) is 0 Å². The molecule has 15 heteroatoms. The highest BCUT2D eigenvalue weighted by molar-refractivity contribution is 7.80. The molecule has 3 aromatic heterocycles. The molecule has 0 radical (unpaired) electrons. The number of aromatic nitrogens is 9. The molecular formula is C47H39N9O3S3. The molecule has 0 aliphatic carbocycles. The van der Waals surface area contributed by atoms with E-state index in [0.29, 0.717) is 58.4 Å². The van der Waals surface area contributed by atoms with Crippen molar-refractivity contribution in [3.05, 3.63) is 181 Å². The average Bonchev–Trinajstić information content (AvgIpc) is 4.00. The Hall–Kier alpha value is -6.81. The van der Waals surface area contributed by atoms with E-state index in [1.165, 1.54) is 0 Å². The first-order valence-corrected chi connectivity index (χ1v) is 21.2. The molecule has 9 rings (SSSR count). The molecule has 0 aliphatic heterocycles. The minimum absolute atomic E-state index is 0.144. The predicted molar refractivity (Wildman–Crippen MR) is 245 cm³/mol. The lowest BCUT2D eigenvalue weighted by Crippen LogP contribution is -2.13. The van der Waals surface area contributed by atoms with Crippen LogP contribution < -0.4 is 14.2 Å². The maximum absolute atomic E-state index is 6.08. The minimum atomic E-state index is -0.144. The number of hydrogen-bond acceptors (Lipinski definition) is 12. The number of thiol groups is 3. The number of ether oxygens (including phenoxy) is 3. The van der Waals surface area contributed by atoms with E-state index in [2.05, 4.69) is 25.5 Å². The zero-order valence-corrected chi connectivity index (χ0v) is 35.8. The maximum atomic E-state index is 6.08. The summed E-state index contributed by atoms with van der Waals surface area (Å²) >= 11 is 14.2. The molecular weight excluding hydrogens is 835 g/mol. The van der Waals surface area contributed by atoms with Crippen LogP contribution in [0.5, 0.6) is 34.5 Å². The summed E-state index contributed by atoms with van der Waals surface area (Å²) in [6.07, 6.45) is 2.37. The number of benzene rings is 6. The number of hydrogen-bond donors (Lipinski definition) is 3. The van der Waals surface area contributed by atoms with Crippen LogP contribution in [0.1, 0.15) is 36.2 Å². The van der Waals surface area contributed by atoms with Crippen molar-refractivity contribution < 1.29 is 14.2 Å². The third-order valence-electron chi connectivity index (χ3n) is 10.1. The first kappa shape index (κ1) is 40.6. The van der Waals surface area contributed by atoms with Crippen LogP contribution in [0.15, 0.2) is 179 Å². The van der Waals surface area contributed by atoms with Gasteiger partial charge < -0.3 is 14.2 Å². The topological polar surface area (TPSA) is 120 Å². The Morgan fingerprint density at radius 2 is 0.661 bits per heavy atom. The molecule has 0 N–H and O–H groups in total. The lowest BCUT2D eigenvalue weighted by atomic mass is 9.95. The Bertz CT molecular complexity index is 2720. The summed E-state index contributed by atoms with van der Waals surface area (Å²) in [4.78, 5) is 0. The second kappa shape index (κ2) is 18.8. The first-order valence-electron chi connectivity index (χ1n) is 19.9. The molecule has 6 aromatic carbocycles. The van der Waals surface area contributed by atoms with Crippen LogP contribution in [-0.4, -0.2) is 44.3 Å². The monoisotopic (exact) mass is 873 g/mol. The first-order chi connectivity index (χ1) is 30.4. The normalized spacial score (nSPS) is 11.2. The molecule has 0 saturated heterocycles. The maximum Gasteiger partial charge on any atom is 0.192 e. The Morgan fingerprint density at radius 1 is 0.355 bits per heavy atom. The van der Waals surface area contributed by atoms with Crippen LogP contribution >= 0.6 is 37.9 Å². The molecule has 0 unspecified atom stereocenters. The summed E-state index contributed by atoms with van der Waals surface area (Å²) in [7, 11) is 0. The van der Waals surface area contributed by atoms with E-state index in [1.807, 2.05) is 177 Å². The summed E-state index contributed by atoms with van der Waals surface area (Å²) in [6, 6.07) is 52.4.